The average Bonchev–Trinajstić information content (AvgIpc) is 2.89. The molecule has 0 bridgehead atoms. The van der Waals surface area contributed by atoms with Crippen LogP contribution in [0.25, 0.3) is 0 Å². The lowest BCUT2D eigenvalue weighted by Crippen LogP contribution is -2.05. The standard InChI is InChI=1S/C15H17ClN2O2S/c1-3-20-14(19)7-5-11-9-21-15(17-11)18-13-8-10(2)4-6-12(13)16/h4,6,8-9H,3,5,7H2,1-2H3,(H,17,18). The van der Waals surface area contributed by atoms with E-state index in [0.29, 0.717) is 24.5 Å². The van der Waals surface area contributed by atoms with Gasteiger partial charge in [-0.15, -0.1) is 11.3 Å². The smallest absolute Gasteiger partial charge is 0.306 e. The molecular weight excluding hydrogens is 308 g/mol. The van der Waals surface area contributed by atoms with Gasteiger partial charge in [-0.3, -0.25) is 4.79 Å². The van der Waals surface area contributed by atoms with Gasteiger partial charge in [0.25, 0.3) is 0 Å². The van der Waals surface area contributed by atoms with Gasteiger partial charge in [0.05, 0.1) is 29.4 Å². The molecule has 0 saturated heterocycles. The molecule has 0 aliphatic carbocycles. The number of hydrogen-bond donors (Lipinski definition) is 1. The van der Waals surface area contributed by atoms with Crippen LogP contribution in [-0.2, 0) is 16.0 Å². The second-order valence-electron chi connectivity index (χ2n) is 4.56. The summed E-state index contributed by atoms with van der Waals surface area (Å²) in [5.41, 5.74) is 2.84. The Morgan fingerprint density at radius 1 is 1.48 bits per heavy atom. The Kier molecular flexibility index (Phi) is 5.59. The van der Waals surface area contributed by atoms with Gasteiger partial charge in [0.15, 0.2) is 5.13 Å². The number of aromatic nitrogens is 1. The summed E-state index contributed by atoms with van der Waals surface area (Å²) in [6.07, 6.45) is 0.931. The first-order valence-electron chi connectivity index (χ1n) is 6.71. The van der Waals surface area contributed by atoms with E-state index in [1.165, 1.54) is 11.3 Å². The second kappa shape index (κ2) is 7.43. The molecule has 0 fully saturated rings. The summed E-state index contributed by atoms with van der Waals surface area (Å²) in [4.78, 5) is 15.8. The lowest BCUT2D eigenvalue weighted by atomic mass is 10.2. The fraction of sp³-hybridized carbons (Fsp3) is 0.333. The van der Waals surface area contributed by atoms with Gasteiger partial charge >= 0.3 is 5.97 Å². The molecule has 0 atom stereocenters. The number of ether oxygens (including phenoxy) is 1. The van der Waals surface area contributed by atoms with E-state index in [0.717, 1.165) is 22.1 Å². The fourth-order valence-electron chi connectivity index (χ4n) is 1.79. The zero-order chi connectivity index (χ0) is 15.2. The second-order valence-corrected chi connectivity index (χ2v) is 5.82. The lowest BCUT2D eigenvalue weighted by molar-refractivity contribution is -0.143. The Hall–Kier alpha value is -1.59. The summed E-state index contributed by atoms with van der Waals surface area (Å²) < 4.78 is 4.90. The van der Waals surface area contributed by atoms with Crippen LogP contribution in [-0.4, -0.2) is 17.6 Å². The summed E-state index contributed by atoms with van der Waals surface area (Å²) >= 11 is 7.63. The minimum Gasteiger partial charge on any atom is -0.466 e. The Bertz CT molecular complexity index is 628. The fourth-order valence-corrected chi connectivity index (χ4v) is 2.71. The molecule has 1 N–H and O–H groups in total. The number of anilines is 2. The van der Waals surface area contributed by atoms with E-state index in [2.05, 4.69) is 10.3 Å². The molecule has 0 spiro atoms. The molecular formula is C15H17ClN2O2S. The summed E-state index contributed by atoms with van der Waals surface area (Å²) in [5, 5.41) is 6.56. The van der Waals surface area contributed by atoms with E-state index in [1.807, 2.05) is 30.5 Å². The molecule has 21 heavy (non-hydrogen) atoms. The van der Waals surface area contributed by atoms with Crippen LogP contribution in [0.1, 0.15) is 24.6 Å². The van der Waals surface area contributed by atoms with Crippen LogP contribution in [0.3, 0.4) is 0 Å². The predicted octanol–water partition coefficient (Wildman–Crippen LogP) is 4.34. The maximum atomic E-state index is 11.3. The molecule has 0 unspecified atom stereocenters. The van der Waals surface area contributed by atoms with E-state index < -0.39 is 0 Å². The molecule has 0 amide bonds. The first-order chi connectivity index (χ1) is 10.1. The molecule has 1 aromatic carbocycles. The number of esters is 1. The number of thiazole rings is 1. The van der Waals surface area contributed by atoms with Gasteiger partial charge in [-0.05, 0) is 31.5 Å². The number of nitrogens with one attached hydrogen (secondary N) is 1. The van der Waals surface area contributed by atoms with E-state index in [9.17, 15) is 4.79 Å². The highest BCUT2D eigenvalue weighted by atomic mass is 35.5. The largest absolute Gasteiger partial charge is 0.466 e. The SMILES string of the molecule is CCOC(=O)CCc1csc(Nc2cc(C)ccc2Cl)n1. The van der Waals surface area contributed by atoms with Gasteiger partial charge in [0.2, 0.25) is 0 Å². The molecule has 0 aliphatic rings. The monoisotopic (exact) mass is 324 g/mol. The average molecular weight is 325 g/mol. The van der Waals surface area contributed by atoms with Gasteiger partial charge in [-0.1, -0.05) is 17.7 Å². The van der Waals surface area contributed by atoms with Crippen molar-refractivity contribution in [3.63, 3.8) is 0 Å². The number of carbonyl (C=O) groups is 1. The Balaban J connectivity index is 1.97. The number of hydrogen-bond acceptors (Lipinski definition) is 5. The third-order valence-corrected chi connectivity index (χ3v) is 3.94. The van der Waals surface area contributed by atoms with Gasteiger partial charge < -0.3 is 10.1 Å². The van der Waals surface area contributed by atoms with Crippen LogP contribution in [0.15, 0.2) is 23.6 Å². The Morgan fingerprint density at radius 3 is 3.05 bits per heavy atom. The van der Waals surface area contributed by atoms with Crippen molar-refractivity contribution in [1.82, 2.24) is 4.98 Å². The normalized spacial score (nSPS) is 10.4. The van der Waals surface area contributed by atoms with Crippen LogP contribution in [0.5, 0.6) is 0 Å². The Morgan fingerprint density at radius 2 is 2.29 bits per heavy atom. The maximum Gasteiger partial charge on any atom is 0.306 e. The number of nitrogens with zero attached hydrogens (tertiary/aromatic N) is 1. The van der Waals surface area contributed by atoms with Crippen LogP contribution >= 0.6 is 22.9 Å². The number of aryl methyl sites for hydroxylation is 2. The minimum atomic E-state index is -0.193. The van der Waals surface area contributed by atoms with Crippen molar-refractivity contribution in [3.05, 3.63) is 39.9 Å². The number of benzene rings is 1. The van der Waals surface area contributed by atoms with Gasteiger partial charge in [-0.25, -0.2) is 4.98 Å². The first kappa shape index (κ1) is 15.8. The highest BCUT2D eigenvalue weighted by Gasteiger charge is 2.08. The van der Waals surface area contributed by atoms with E-state index in [4.69, 9.17) is 16.3 Å². The molecule has 0 saturated carbocycles. The summed E-state index contributed by atoms with van der Waals surface area (Å²) in [6, 6.07) is 5.79. The Labute approximate surface area is 133 Å². The molecule has 1 heterocycles. The van der Waals surface area contributed by atoms with Crippen LogP contribution in [0, 0.1) is 6.92 Å². The van der Waals surface area contributed by atoms with E-state index >= 15 is 0 Å². The van der Waals surface area contributed by atoms with Gasteiger partial charge in [-0.2, -0.15) is 0 Å². The van der Waals surface area contributed by atoms with Crippen molar-refractivity contribution >= 4 is 39.7 Å². The highest BCUT2D eigenvalue weighted by molar-refractivity contribution is 7.13. The predicted molar refractivity (Wildman–Crippen MR) is 86.5 cm³/mol. The first-order valence-corrected chi connectivity index (χ1v) is 7.97. The molecule has 2 rings (SSSR count). The van der Waals surface area contributed by atoms with Gasteiger partial charge in [0, 0.05) is 11.8 Å². The quantitative estimate of drug-likeness (QED) is 0.803. The number of halogens is 1. The number of carbonyl (C=O) groups excluding carboxylic acids is 1. The molecule has 112 valence electrons. The van der Waals surface area contributed by atoms with Crippen LogP contribution < -0.4 is 5.32 Å². The molecule has 0 radical (unpaired) electrons. The molecule has 6 heteroatoms. The van der Waals surface area contributed by atoms with E-state index in [1.54, 1.807) is 6.92 Å². The lowest BCUT2D eigenvalue weighted by Gasteiger charge is -2.06. The van der Waals surface area contributed by atoms with Crippen molar-refractivity contribution in [2.45, 2.75) is 26.7 Å². The van der Waals surface area contributed by atoms with Crippen LogP contribution in [0.4, 0.5) is 10.8 Å². The maximum absolute atomic E-state index is 11.3. The zero-order valence-electron chi connectivity index (χ0n) is 12.0. The molecule has 0 aliphatic heterocycles. The third kappa shape index (κ3) is 4.72. The summed E-state index contributed by atoms with van der Waals surface area (Å²) in [6.45, 7) is 4.22. The number of rotatable bonds is 6. The van der Waals surface area contributed by atoms with Crippen molar-refractivity contribution in [3.8, 4) is 0 Å². The topological polar surface area (TPSA) is 51.2 Å². The van der Waals surface area contributed by atoms with Crippen molar-refractivity contribution in [2.75, 3.05) is 11.9 Å². The highest BCUT2D eigenvalue weighted by Crippen LogP contribution is 2.28. The van der Waals surface area contributed by atoms with E-state index in [-0.39, 0.29) is 5.97 Å². The summed E-state index contributed by atoms with van der Waals surface area (Å²) in [7, 11) is 0. The third-order valence-electron chi connectivity index (χ3n) is 2.81. The van der Waals surface area contributed by atoms with Crippen molar-refractivity contribution < 1.29 is 9.53 Å². The zero-order valence-corrected chi connectivity index (χ0v) is 13.6. The molecule has 1 aromatic heterocycles. The van der Waals surface area contributed by atoms with Crippen molar-refractivity contribution in [1.29, 1.82) is 0 Å². The molecule has 2 aromatic rings. The van der Waals surface area contributed by atoms with Crippen LogP contribution in [0.2, 0.25) is 5.02 Å². The summed E-state index contributed by atoms with van der Waals surface area (Å²) in [5.74, 6) is -0.193. The minimum absolute atomic E-state index is 0.193. The van der Waals surface area contributed by atoms with Crippen molar-refractivity contribution in [2.24, 2.45) is 0 Å². The van der Waals surface area contributed by atoms with Gasteiger partial charge in [0.1, 0.15) is 0 Å². The molecule has 4 nitrogen and oxygen atoms in total.